The number of nitrogens with zero attached hydrogens (tertiary/aromatic N) is 3. The van der Waals surface area contributed by atoms with Gasteiger partial charge in [-0.3, -0.25) is 4.90 Å². The van der Waals surface area contributed by atoms with Crippen LogP contribution < -0.4 is 5.32 Å². The Balaban J connectivity index is 1.64. The normalized spacial score (nSPS) is 23.5. The fraction of sp³-hybridized carbons (Fsp3) is 0.938. The lowest BCUT2D eigenvalue weighted by Gasteiger charge is -2.37. The van der Waals surface area contributed by atoms with Crippen LogP contribution in [0.25, 0.3) is 0 Å². The lowest BCUT2D eigenvalue weighted by atomic mass is 9.99. The average Bonchev–Trinajstić information content (AvgIpc) is 2.50. The Morgan fingerprint density at radius 3 is 2.18 bits per heavy atom. The number of urea groups is 1. The van der Waals surface area contributed by atoms with Crippen molar-refractivity contribution in [2.75, 3.05) is 58.9 Å². The number of likely N-dealkylation sites (tertiary alicyclic amines) is 1. The van der Waals surface area contributed by atoms with Crippen LogP contribution in [-0.4, -0.2) is 90.8 Å². The van der Waals surface area contributed by atoms with Crippen molar-refractivity contribution in [1.82, 2.24) is 20.0 Å². The van der Waals surface area contributed by atoms with Crippen molar-refractivity contribution in [1.29, 1.82) is 0 Å². The predicted molar refractivity (Wildman–Crippen MR) is 87.9 cm³/mol. The number of carbonyl (C=O) groups excluding carboxylic acids is 1. The molecular weight excluding hydrogens is 280 g/mol. The molecule has 0 saturated carbocycles. The summed E-state index contributed by atoms with van der Waals surface area (Å²) in [5, 5.41) is 13.1. The summed E-state index contributed by atoms with van der Waals surface area (Å²) in [6.07, 6.45) is 2.21. The van der Waals surface area contributed by atoms with Gasteiger partial charge in [0, 0.05) is 45.8 Å². The maximum atomic E-state index is 11.8. The number of aliphatic hydroxyl groups excluding tert-OH is 1. The van der Waals surface area contributed by atoms with E-state index in [-0.39, 0.29) is 12.1 Å². The Morgan fingerprint density at radius 1 is 1.09 bits per heavy atom. The average molecular weight is 312 g/mol. The van der Waals surface area contributed by atoms with E-state index in [4.69, 9.17) is 0 Å². The summed E-state index contributed by atoms with van der Waals surface area (Å²) in [6.45, 7) is 11.8. The first-order chi connectivity index (χ1) is 10.6. The van der Waals surface area contributed by atoms with Crippen LogP contribution in [0.1, 0.15) is 26.7 Å². The molecule has 22 heavy (non-hydrogen) atoms. The van der Waals surface area contributed by atoms with Gasteiger partial charge in [0.1, 0.15) is 0 Å². The van der Waals surface area contributed by atoms with Crippen LogP contribution in [-0.2, 0) is 0 Å². The number of hydrogen-bond acceptors (Lipinski definition) is 4. The Bertz CT molecular complexity index is 337. The molecule has 2 fully saturated rings. The summed E-state index contributed by atoms with van der Waals surface area (Å²) in [4.78, 5) is 18.3. The van der Waals surface area contributed by atoms with Gasteiger partial charge in [0.2, 0.25) is 0 Å². The highest BCUT2D eigenvalue weighted by molar-refractivity contribution is 5.74. The number of amides is 2. The standard InChI is InChI=1S/C16H32N4O2/c1-3-17-16(22)20-10-8-19(9-11-20)13-15(21)12-18-6-4-14(2)5-7-18/h14-15,21H,3-13H2,1-2H3,(H,17,22). The number of piperazine rings is 1. The summed E-state index contributed by atoms with van der Waals surface area (Å²) >= 11 is 0. The molecule has 2 N–H and O–H groups in total. The highest BCUT2D eigenvalue weighted by atomic mass is 16.3. The van der Waals surface area contributed by atoms with Crippen LogP contribution >= 0.6 is 0 Å². The molecule has 2 aliphatic heterocycles. The first kappa shape index (κ1) is 17.5. The molecular formula is C16H32N4O2. The Kier molecular flexibility index (Phi) is 6.92. The van der Waals surface area contributed by atoms with E-state index in [0.29, 0.717) is 6.54 Å². The predicted octanol–water partition coefficient (Wildman–Crippen LogP) is 0.426. The fourth-order valence-corrected chi connectivity index (χ4v) is 3.30. The number of hydrogen-bond donors (Lipinski definition) is 2. The molecule has 1 atom stereocenters. The summed E-state index contributed by atoms with van der Waals surface area (Å²) in [5.41, 5.74) is 0. The fourth-order valence-electron chi connectivity index (χ4n) is 3.30. The van der Waals surface area contributed by atoms with E-state index in [9.17, 15) is 9.90 Å². The second kappa shape index (κ2) is 8.70. The lowest BCUT2D eigenvalue weighted by Crippen LogP contribution is -2.53. The Morgan fingerprint density at radius 2 is 1.64 bits per heavy atom. The van der Waals surface area contributed by atoms with Crippen molar-refractivity contribution < 1.29 is 9.90 Å². The number of β-amino-alcohol motifs (C(OH)–C–C–N with tert-alkyl or cyclic N) is 1. The second-order valence-corrected chi connectivity index (χ2v) is 6.76. The zero-order valence-electron chi connectivity index (χ0n) is 14.1. The summed E-state index contributed by atoms with van der Waals surface area (Å²) in [6, 6.07) is 0.0325. The first-order valence-corrected chi connectivity index (χ1v) is 8.74. The van der Waals surface area contributed by atoms with Gasteiger partial charge in [0.25, 0.3) is 0 Å². The van der Waals surface area contributed by atoms with E-state index in [1.807, 2.05) is 11.8 Å². The van der Waals surface area contributed by atoms with Crippen molar-refractivity contribution in [2.24, 2.45) is 5.92 Å². The van der Waals surface area contributed by atoms with Crippen LogP contribution in [0.2, 0.25) is 0 Å². The zero-order chi connectivity index (χ0) is 15.9. The van der Waals surface area contributed by atoms with Crippen molar-refractivity contribution in [3.63, 3.8) is 0 Å². The topological polar surface area (TPSA) is 59.1 Å². The maximum Gasteiger partial charge on any atom is 0.317 e. The van der Waals surface area contributed by atoms with Gasteiger partial charge in [-0.25, -0.2) is 4.79 Å². The summed E-state index contributed by atoms with van der Waals surface area (Å²) < 4.78 is 0. The van der Waals surface area contributed by atoms with Crippen molar-refractivity contribution in [3.05, 3.63) is 0 Å². The molecule has 0 bridgehead atoms. The van der Waals surface area contributed by atoms with Crippen molar-refractivity contribution in [3.8, 4) is 0 Å². The Labute approximate surface area is 134 Å². The van der Waals surface area contributed by atoms with Crippen LogP contribution in [0, 0.1) is 5.92 Å². The largest absolute Gasteiger partial charge is 0.390 e. The third-order valence-electron chi connectivity index (χ3n) is 4.80. The SMILES string of the molecule is CCNC(=O)N1CCN(CC(O)CN2CCC(C)CC2)CC1. The highest BCUT2D eigenvalue weighted by Gasteiger charge is 2.24. The minimum atomic E-state index is -0.288. The van der Waals surface area contributed by atoms with E-state index >= 15 is 0 Å². The van der Waals surface area contributed by atoms with Gasteiger partial charge in [-0.05, 0) is 38.8 Å². The smallest absolute Gasteiger partial charge is 0.317 e. The Hall–Kier alpha value is -0.850. The van der Waals surface area contributed by atoms with Crippen LogP contribution in [0.5, 0.6) is 0 Å². The molecule has 0 spiro atoms. The van der Waals surface area contributed by atoms with E-state index < -0.39 is 0 Å². The van der Waals surface area contributed by atoms with Gasteiger partial charge in [0.15, 0.2) is 0 Å². The zero-order valence-corrected chi connectivity index (χ0v) is 14.1. The molecule has 1 unspecified atom stereocenters. The molecule has 6 heteroatoms. The molecule has 2 rings (SSSR count). The second-order valence-electron chi connectivity index (χ2n) is 6.76. The number of rotatable bonds is 5. The van der Waals surface area contributed by atoms with E-state index in [1.165, 1.54) is 12.8 Å². The molecule has 0 radical (unpaired) electrons. The van der Waals surface area contributed by atoms with Crippen molar-refractivity contribution in [2.45, 2.75) is 32.8 Å². The number of piperidine rings is 1. The lowest BCUT2D eigenvalue weighted by molar-refractivity contribution is 0.0476. The molecule has 128 valence electrons. The molecule has 0 aromatic rings. The van der Waals surface area contributed by atoms with Crippen LogP contribution in [0.3, 0.4) is 0 Å². The molecule has 0 aromatic carbocycles. The van der Waals surface area contributed by atoms with E-state index in [2.05, 4.69) is 22.0 Å². The molecule has 2 aliphatic rings. The first-order valence-electron chi connectivity index (χ1n) is 8.74. The van der Waals surface area contributed by atoms with Gasteiger partial charge in [-0.2, -0.15) is 0 Å². The molecule has 2 saturated heterocycles. The quantitative estimate of drug-likeness (QED) is 0.773. The number of nitrogens with one attached hydrogen (secondary N) is 1. The highest BCUT2D eigenvalue weighted by Crippen LogP contribution is 2.16. The monoisotopic (exact) mass is 312 g/mol. The number of carbonyl (C=O) groups is 1. The van der Waals surface area contributed by atoms with Gasteiger partial charge in [0.05, 0.1) is 6.10 Å². The molecule has 0 aliphatic carbocycles. The molecule has 0 aromatic heterocycles. The minimum absolute atomic E-state index is 0.0325. The third kappa shape index (κ3) is 5.41. The summed E-state index contributed by atoms with van der Waals surface area (Å²) in [5.74, 6) is 0.829. The van der Waals surface area contributed by atoms with Gasteiger partial charge < -0.3 is 20.2 Å². The minimum Gasteiger partial charge on any atom is -0.390 e. The molecule has 6 nitrogen and oxygen atoms in total. The van der Waals surface area contributed by atoms with Gasteiger partial charge in [-0.15, -0.1) is 0 Å². The van der Waals surface area contributed by atoms with Crippen molar-refractivity contribution >= 4 is 6.03 Å². The van der Waals surface area contributed by atoms with Crippen LogP contribution in [0.4, 0.5) is 4.79 Å². The molecule has 2 amide bonds. The van der Waals surface area contributed by atoms with Crippen LogP contribution in [0.15, 0.2) is 0 Å². The van der Waals surface area contributed by atoms with E-state index in [0.717, 1.165) is 58.3 Å². The number of aliphatic hydroxyl groups is 1. The maximum absolute atomic E-state index is 11.8. The summed E-state index contributed by atoms with van der Waals surface area (Å²) in [7, 11) is 0. The van der Waals surface area contributed by atoms with Gasteiger partial charge >= 0.3 is 6.03 Å². The third-order valence-corrected chi connectivity index (χ3v) is 4.80. The van der Waals surface area contributed by atoms with Gasteiger partial charge in [-0.1, -0.05) is 6.92 Å². The van der Waals surface area contributed by atoms with E-state index in [1.54, 1.807) is 0 Å². The molecule has 2 heterocycles.